The van der Waals surface area contributed by atoms with E-state index in [1.165, 1.54) is 41.6 Å². The van der Waals surface area contributed by atoms with Crippen LogP contribution in [-0.2, 0) is 0 Å². The van der Waals surface area contributed by atoms with E-state index < -0.39 is 0 Å². The van der Waals surface area contributed by atoms with Gasteiger partial charge >= 0.3 is 0 Å². The van der Waals surface area contributed by atoms with Gasteiger partial charge in [-0.15, -0.1) is 0 Å². The molecule has 3 heteroatoms. The summed E-state index contributed by atoms with van der Waals surface area (Å²) < 4.78 is 0. The van der Waals surface area contributed by atoms with Gasteiger partial charge in [0.05, 0.1) is 5.54 Å². The molecule has 0 amide bonds. The van der Waals surface area contributed by atoms with Crippen LogP contribution in [0.1, 0.15) is 51.2 Å². The fourth-order valence-electron chi connectivity index (χ4n) is 3.57. The van der Waals surface area contributed by atoms with Crippen molar-refractivity contribution in [2.24, 2.45) is 0 Å². The zero-order valence-corrected chi connectivity index (χ0v) is 15.0. The maximum absolute atomic E-state index is 5.75. The average Bonchev–Trinajstić information content (AvgIpc) is 2.52. The second-order valence-corrected chi connectivity index (χ2v) is 7.51. The van der Waals surface area contributed by atoms with Crippen molar-refractivity contribution in [2.75, 3.05) is 25.0 Å². The van der Waals surface area contributed by atoms with Gasteiger partial charge in [-0.25, -0.2) is 0 Å². The van der Waals surface area contributed by atoms with E-state index in [0.717, 1.165) is 18.1 Å². The Morgan fingerprint density at radius 1 is 1.14 bits per heavy atom. The highest BCUT2D eigenvalue weighted by molar-refractivity contribution is 7.80. The summed E-state index contributed by atoms with van der Waals surface area (Å²) in [5.74, 6) is 0. The molecule has 1 fully saturated rings. The van der Waals surface area contributed by atoms with Crippen LogP contribution in [0.15, 0.2) is 24.3 Å². The summed E-state index contributed by atoms with van der Waals surface area (Å²) in [5, 5.41) is 0. The summed E-state index contributed by atoms with van der Waals surface area (Å²) in [6, 6.07) is 6.71. The minimum atomic E-state index is 0.0615. The van der Waals surface area contributed by atoms with E-state index in [0.29, 0.717) is 0 Å². The van der Waals surface area contributed by atoms with Gasteiger partial charge in [0.25, 0.3) is 0 Å². The Morgan fingerprint density at radius 3 is 2.50 bits per heavy atom. The Balaban J connectivity index is 1.94. The van der Waals surface area contributed by atoms with Gasteiger partial charge in [-0.05, 0) is 63.8 Å². The van der Waals surface area contributed by atoms with Crippen LogP contribution in [-0.4, -0.2) is 35.6 Å². The largest absolute Gasteiger partial charge is 0.366 e. The Bertz CT molecular complexity index is 624. The standard InChI is InChI=1S/C19H26N2S/c1-14-13-19(2,3)20(4)17-9-8-15(12-16(14)17)18(22)21-10-6-5-7-11-21/h8-9,12-13H,5-7,10-11H2,1-4H3. The molecular formula is C19H26N2S. The molecule has 2 nitrogen and oxygen atoms in total. The molecule has 0 aliphatic carbocycles. The second-order valence-electron chi connectivity index (χ2n) is 7.12. The van der Waals surface area contributed by atoms with E-state index in [-0.39, 0.29) is 5.54 Å². The monoisotopic (exact) mass is 314 g/mol. The van der Waals surface area contributed by atoms with Crippen LogP contribution in [0.2, 0.25) is 0 Å². The number of likely N-dealkylation sites (tertiary alicyclic amines) is 1. The predicted octanol–water partition coefficient (Wildman–Crippen LogP) is 4.48. The highest BCUT2D eigenvalue weighted by atomic mass is 32.1. The number of hydrogen-bond acceptors (Lipinski definition) is 2. The molecule has 2 aliphatic rings. The van der Waals surface area contributed by atoms with Crippen LogP contribution >= 0.6 is 12.2 Å². The van der Waals surface area contributed by atoms with Crippen molar-refractivity contribution < 1.29 is 0 Å². The molecule has 0 radical (unpaired) electrons. The van der Waals surface area contributed by atoms with Gasteiger partial charge in [0.15, 0.2) is 0 Å². The molecule has 0 bridgehead atoms. The molecule has 0 N–H and O–H groups in total. The maximum Gasteiger partial charge on any atom is 0.109 e. The summed E-state index contributed by atoms with van der Waals surface area (Å²) >= 11 is 5.75. The molecule has 0 atom stereocenters. The van der Waals surface area contributed by atoms with E-state index in [4.69, 9.17) is 12.2 Å². The lowest BCUT2D eigenvalue weighted by atomic mass is 9.88. The van der Waals surface area contributed by atoms with Crippen LogP contribution < -0.4 is 4.90 Å². The number of likely N-dealkylation sites (N-methyl/N-ethyl adjacent to an activating group) is 1. The van der Waals surface area contributed by atoms with E-state index in [1.807, 2.05) is 0 Å². The molecule has 22 heavy (non-hydrogen) atoms. The molecule has 118 valence electrons. The minimum absolute atomic E-state index is 0.0615. The smallest absolute Gasteiger partial charge is 0.109 e. The number of rotatable bonds is 1. The zero-order valence-electron chi connectivity index (χ0n) is 14.1. The van der Waals surface area contributed by atoms with Crippen molar-refractivity contribution in [3.05, 3.63) is 35.4 Å². The molecule has 0 saturated carbocycles. The van der Waals surface area contributed by atoms with E-state index in [2.05, 4.69) is 61.9 Å². The molecule has 1 aromatic rings. The minimum Gasteiger partial charge on any atom is -0.366 e. The SMILES string of the molecule is CC1=CC(C)(C)N(C)c2ccc(C(=S)N3CCCCC3)cc21. The molecule has 0 unspecified atom stereocenters. The Labute approximate surface area is 139 Å². The van der Waals surface area contributed by atoms with Crippen LogP contribution in [0.3, 0.4) is 0 Å². The number of piperidine rings is 1. The Morgan fingerprint density at radius 2 is 1.82 bits per heavy atom. The third kappa shape index (κ3) is 2.67. The number of thiocarbonyl (C=S) groups is 1. The average molecular weight is 314 g/mol. The first-order chi connectivity index (χ1) is 10.4. The predicted molar refractivity (Wildman–Crippen MR) is 99.7 cm³/mol. The summed E-state index contributed by atoms with van der Waals surface area (Å²) in [6.07, 6.45) is 6.22. The Kier molecular flexibility index (Phi) is 4.02. The topological polar surface area (TPSA) is 6.48 Å². The summed E-state index contributed by atoms with van der Waals surface area (Å²) in [5.41, 5.74) is 5.22. The summed E-state index contributed by atoms with van der Waals surface area (Å²) in [4.78, 5) is 5.74. The van der Waals surface area contributed by atoms with Crippen LogP contribution in [0.4, 0.5) is 5.69 Å². The van der Waals surface area contributed by atoms with Gasteiger partial charge < -0.3 is 9.80 Å². The number of benzene rings is 1. The molecule has 2 heterocycles. The zero-order chi connectivity index (χ0) is 15.9. The quantitative estimate of drug-likeness (QED) is 0.706. The first-order valence-electron chi connectivity index (χ1n) is 8.27. The molecular weight excluding hydrogens is 288 g/mol. The maximum atomic E-state index is 5.75. The number of anilines is 1. The number of allylic oxidation sites excluding steroid dienone is 1. The van der Waals surface area contributed by atoms with Crippen LogP contribution in [0.25, 0.3) is 5.57 Å². The lowest BCUT2D eigenvalue weighted by Gasteiger charge is -2.41. The lowest BCUT2D eigenvalue weighted by molar-refractivity contribution is 0.347. The Hall–Kier alpha value is -1.35. The number of fused-ring (bicyclic) bond motifs is 1. The van der Waals surface area contributed by atoms with E-state index in [1.54, 1.807) is 0 Å². The van der Waals surface area contributed by atoms with Crippen molar-refractivity contribution in [1.29, 1.82) is 0 Å². The van der Waals surface area contributed by atoms with Gasteiger partial charge in [-0.1, -0.05) is 18.3 Å². The number of hydrogen-bond donors (Lipinski definition) is 0. The molecule has 2 aliphatic heterocycles. The number of nitrogens with zero attached hydrogens (tertiary/aromatic N) is 2. The fourth-order valence-corrected chi connectivity index (χ4v) is 3.88. The first-order valence-corrected chi connectivity index (χ1v) is 8.68. The summed E-state index contributed by atoms with van der Waals surface area (Å²) in [7, 11) is 2.17. The fraction of sp³-hybridized carbons (Fsp3) is 0.526. The van der Waals surface area contributed by atoms with Crippen LogP contribution in [0.5, 0.6) is 0 Å². The highest BCUT2D eigenvalue weighted by Crippen LogP contribution is 2.38. The lowest BCUT2D eigenvalue weighted by Crippen LogP contribution is -2.42. The summed E-state index contributed by atoms with van der Waals surface area (Å²) in [6.45, 7) is 8.94. The molecule has 0 spiro atoms. The normalized spacial score (nSPS) is 20.5. The third-order valence-electron chi connectivity index (χ3n) is 5.11. The highest BCUT2D eigenvalue weighted by Gasteiger charge is 2.28. The molecule has 1 saturated heterocycles. The first kappa shape index (κ1) is 15.5. The van der Waals surface area contributed by atoms with E-state index in [9.17, 15) is 0 Å². The molecule has 3 rings (SSSR count). The second kappa shape index (κ2) is 5.69. The van der Waals surface area contributed by atoms with Gasteiger partial charge in [-0.2, -0.15) is 0 Å². The van der Waals surface area contributed by atoms with Crippen molar-refractivity contribution in [3.63, 3.8) is 0 Å². The third-order valence-corrected chi connectivity index (χ3v) is 5.60. The van der Waals surface area contributed by atoms with E-state index >= 15 is 0 Å². The van der Waals surface area contributed by atoms with Crippen molar-refractivity contribution in [2.45, 2.75) is 45.6 Å². The van der Waals surface area contributed by atoms with Crippen molar-refractivity contribution in [3.8, 4) is 0 Å². The molecule has 0 aromatic heterocycles. The van der Waals surface area contributed by atoms with Gasteiger partial charge in [0, 0.05) is 37.0 Å². The van der Waals surface area contributed by atoms with Gasteiger partial charge in [0.2, 0.25) is 0 Å². The van der Waals surface area contributed by atoms with Gasteiger partial charge in [0.1, 0.15) is 4.99 Å². The van der Waals surface area contributed by atoms with Gasteiger partial charge in [-0.3, -0.25) is 0 Å². The van der Waals surface area contributed by atoms with Crippen molar-refractivity contribution >= 4 is 28.5 Å². The van der Waals surface area contributed by atoms with Crippen molar-refractivity contribution in [1.82, 2.24) is 4.90 Å². The van der Waals surface area contributed by atoms with Crippen LogP contribution in [0, 0.1) is 0 Å². The molecule has 1 aromatic carbocycles.